The van der Waals surface area contributed by atoms with Gasteiger partial charge < -0.3 is 25.2 Å². The van der Waals surface area contributed by atoms with E-state index in [0.29, 0.717) is 18.7 Å². The number of hydrogen-bond donors (Lipinski definition) is 3. The van der Waals surface area contributed by atoms with Crippen LogP contribution in [-0.2, 0) is 22.6 Å². The van der Waals surface area contributed by atoms with Crippen LogP contribution in [0.15, 0.2) is 60.7 Å². The van der Waals surface area contributed by atoms with Gasteiger partial charge in [0.1, 0.15) is 11.8 Å². The molecule has 2 atom stereocenters. The number of thioether (sulfide) groups is 1. The van der Waals surface area contributed by atoms with Crippen LogP contribution < -0.4 is 15.4 Å². The molecule has 3 aromatic rings. The number of carbonyl (C=O) groups excluding carboxylic acids is 1. The third-order valence-electron chi connectivity index (χ3n) is 7.07. The second-order valence-corrected chi connectivity index (χ2v) is 11.2. The molecule has 0 saturated carbocycles. The predicted molar refractivity (Wildman–Crippen MR) is 160 cm³/mol. The second kappa shape index (κ2) is 14.3. The van der Waals surface area contributed by atoms with Crippen molar-refractivity contribution in [2.75, 3.05) is 31.7 Å². The highest BCUT2D eigenvalue weighted by Crippen LogP contribution is 2.33. The Morgan fingerprint density at radius 3 is 2.67 bits per heavy atom. The van der Waals surface area contributed by atoms with E-state index in [4.69, 9.17) is 9.47 Å². The highest BCUT2D eigenvalue weighted by atomic mass is 32.2. The van der Waals surface area contributed by atoms with Crippen LogP contribution >= 0.6 is 11.8 Å². The van der Waals surface area contributed by atoms with Gasteiger partial charge in [-0.15, -0.1) is 0 Å². The lowest BCUT2D eigenvalue weighted by atomic mass is 9.93. The number of carboxylic acids is 1. The van der Waals surface area contributed by atoms with Crippen LogP contribution in [0.25, 0.3) is 11.1 Å². The minimum atomic E-state index is -1.06. The summed E-state index contributed by atoms with van der Waals surface area (Å²) in [5.74, 6) is 1.29. The average molecular weight is 563 g/mol. The third-order valence-corrected chi connectivity index (χ3v) is 8.01. The minimum absolute atomic E-state index is 0.104. The molecule has 0 fully saturated rings. The molecule has 1 aliphatic rings. The number of hydrogen-bond acceptors (Lipinski definition) is 6. The smallest absolute Gasteiger partial charge is 0.326 e. The lowest BCUT2D eigenvalue weighted by Gasteiger charge is -2.20. The van der Waals surface area contributed by atoms with Gasteiger partial charge in [0.05, 0.1) is 19.3 Å². The van der Waals surface area contributed by atoms with Gasteiger partial charge >= 0.3 is 5.97 Å². The van der Waals surface area contributed by atoms with E-state index in [1.165, 1.54) is 5.56 Å². The summed E-state index contributed by atoms with van der Waals surface area (Å²) in [5, 5.41) is 15.3. The molecule has 3 N–H and O–H groups in total. The average Bonchev–Trinajstić information content (AvgIpc) is 3.43. The van der Waals surface area contributed by atoms with Gasteiger partial charge in [-0.05, 0) is 84.3 Å². The van der Waals surface area contributed by atoms with E-state index < -0.39 is 17.9 Å². The molecule has 3 aromatic carbocycles. The van der Waals surface area contributed by atoms with Crippen molar-refractivity contribution in [2.24, 2.45) is 0 Å². The van der Waals surface area contributed by atoms with Gasteiger partial charge in [-0.25, -0.2) is 4.79 Å². The molecule has 1 amide bonds. The SMILES string of the molecule is CCSCC(OCc1ccc(C(=O)NC(CCNC)C(=O)O)c(-c2ccccc2C)c1)c1ccc2c(c1)OCC2. The third kappa shape index (κ3) is 7.44. The molecule has 0 radical (unpaired) electrons. The summed E-state index contributed by atoms with van der Waals surface area (Å²) in [4.78, 5) is 25.1. The van der Waals surface area contributed by atoms with Crippen LogP contribution in [0, 0.1) is 6.92 Å². The second-order valence-electron chi connectivity index (χ2n) is 9.88. The fourth-order valence-electron chi connectivity index (χ4n) is 4.80. The van der Waals surface area contributed by atoms with Crippen LogP contribution in [-0.4, -0.2) is 54.7 Å². The van der Waals surface area contributed by atoms with E-state index in [1.807, 2.05) is 55.1 Å². The van der Waals surface area contributed by atoms with Gasteiger partial charge in [0, 0.05) is 17.7 Å². The number of carboxylic acid groups (broad SMARTS) is 1. The summed E-state index contributed by atoms with van der Waals surface area (Å²) in [7, 11) is 1.75. The quantitative estimate of drug-likeness (QED) is 0.242. The van der Waals surface area contributed by atoms with Crippen molar-refractivity contribution in [3.05, 3.63) is 88.5 Å². The Morgan fingerprint density at radius 2 is 1.93 bits per heavy atom. The van der Waals surface area contributed by atoms with Crippen molar-refractivity contribution in [2.45, 2.75) is 45.4 Å². The first-order valence-corrected chi connectivity index (χ1v) is 14.9. The molecule has 0 bridgehead atoms. The molecular weight excluding hydrogens is 524 g/mol. The van der Waals surface area contributed by atoms with Gasteiger partial charge in [0.15, 0.2) is 0 Å². The van der Waals surface area contributed by atoms with E-state index in [9.17, 15) is 14.7 Å². The molecular formula is C32H38N2O5S. The first-order chi connectivity index (χ1) is 19.4. The summed E-state index contributed by atoms with van der Waals surface area (Å²) >= 11 is 1.83. The van der Waals surface area contributed by atoms with E-state index in [0.717, 1.165) is 58.1 Å². The number of ether oxygens (including phenoxy) is 2. The lowest BCUT2D eigenvalue weighted by molar-refractivity contribution is -0.139. The number of nitrogens with one attached hydrogen (secondary N) is 2. The molecule has 7 nitrogen and oxygen atoms in total. The maximum Gasteiger partial charge on any atom is 0.326 e. The summed E-state index contributed by atoms with van der Waals surface area (Å²) in [6, 6.07) is 18.9. The minimum Gasteiger partial charge on any atom is -0.493 e. The van der Waals surface area contributed by atoms with Crippen molar-refractivity contribution in [1.82, 2.24) is 10.6 Å². The van der Waals surface area contributed by atoms with Gasteiger partial charge in [-0.1, -0.05) is 49.4 Å². The highest BCUT2D eigenvalue weighted by molar-refractivity contribution is 7.99. The van der Waals surface area contributed by atoms with Crippen LogP contribution in [0.2, 0.25) is 0 Å². The topological polar surface area (TPSA) is 96.9 Å². The molecule has 0 saturated heterocycles. The maximum atomic E-state index is 13.4. The van der Waals surface area contributed by atoms with E-state index in [2.05, 4.69) is 35.8 Å². The van der Waals surface area contributed by atoms with Crippen molar-refractivity contribution in [3.63, 3.8) is 0 Å². The van der Waals surface area contributed by atoms with Crippen LogP contribution in [0.5, 0.6) is 5.75 Å². The van der Waals surface area contributed by atoms with Crippen LogP contribution in [0.1, 0.15) is 52.1 Å². The largest absolute Gasteiger partial charge is 0.493 e. The molecule has 0 aromatic heterocycles. The van der Waals surface area contributed by atoms with E-state index in [1.54, 1.807) is 13.1 Å². The number of fused-ring (bicyclic) bond motifs is 1. The molecule has 2 unspecified atom stereocenters. The molecule has 1 heterocycles. The van der Waals surface area contributed by atoms with E-state index in [-0.39, 0.29) is 12.5 Å². The first-order valence-electron chi connectivity index (χ1n) is 13.7. The first kappa shape index (κ1) is 29.6. The molecule has 212 valence electrons. The van der Waals surface area contributed by atoms with Crippen molar-refractivity contribution in [3.8, 4) is 16.9 Å². The molecule has 0 aliphatic carbocycles. The van der Waals surface area contributed by atoms with Gasteiger partial charge in [0.2, 0.25) is 0 Å². The van der Waals surface area contributed by atoms with Gasteiger partial charge in [-0.3, -0.25) is 4.79 Å². The maximum absolute atomic E-state index is 13.4. The zero-order valence-electron chi connectivity index (χ0n) is 23.4. The Balaban J connectivity index is 1.60. The fourth-order valence-corrected chi connectivity index (χ4v) is 5.54. The summed E-state index contributed by atoms with van der Waals surface area (Å²) in [6.45, 7) is 5.71. The number of carbonyl (C=O) groups is 2. The van der Waals surface area contributed by atoms with Gasteiger partial charge in [-0.2, -0.15) is 11.8 Å². The number of rotatable bonds is 14. The fraction of sp³-hybridized carbons (Fsp3) is 0.375. The van der Waals surface area contributed by atoms with Crippen LogP contribution in [0.3, 0.4) is 0 Å². The number of aryl methyl sites for hydroxylation is 1. The van der Waals surface area contributed by atoms with E-state index >= 15 is 0 Å². The summed E-state index contributed by atoms with van der Waals surface area (Å²) in [5.41, 5.74) is 6.39. The Kier molecular flexibility index (Phi) is 10.6. The van der Waals surface area contributed by atoms with Crippen molar-refractivity contribution in [1.29, 1.82) is 0 Å². The van der Waals surface area contributed by atoms with Gasteiger partial charge in [0.25, 0.3) is 5.91 Å². The van der Waals surface area contributed by atoms with Crippen molar-refractivity contribution < 1.29 is 24.2 Å². The summed E-state index contributed by atoms with van der Waals surface area (Å²) in [6.07, 6.45) is 1.12. The number of benzene rings is 3. The predicted octanol–water partition coefficient (Wildman–Crippen LogP) is 5.40. The Bertz CT molecular complexity index is 1330. The molecule has 4 rings (SSSR count). The Morgan fingerprint density at radius 1 is 1.10 bits per heavy atom. The monoisotopic (exact) mass is 562 g/mol. The van der Waals surface area contributed by atoms with Crippen molar-refractivity contribution >= 4 is 23.6 Å². The lowest BCUT2D eigenvalue weighted by Crippen LogP contribution is -2.42. The molecule has 0 spiro atoms. The zero-order valence-corrected chi connectivity index (χ0v) is 24.2. The number of aliphatic carboxylic acids is 1. The molecule has 8 heteroatoms. The highest BCUT2D eigenvalue weighted by Gasteiger charge is 2.23. The Hall–Kier alpha value is -3.33. The summed E-state index contributed by atoms with van der Waals surface area (Å²) < 4.78 is 12.3. The Labute approximate surface area is 240 Å². The van der Waals surface area contributed by atoms with Crippen LogP contribution in [0.4, 0.5) is 0 Å². The molecule has 40 heavy (non-hydrogen) atoms. The standard InChI is InChI=1S/C32H38N2O5S/c1-4-40-20-30(24-11-10-23-14-16-38-29(23)18-24)39-19-22-9-12-26(27(17-22)25-8-6-5-7-21(25)2)31(35)34-28(32(36)37)13-15-33-3/h5-12,17-18,28,30,33H,4,13-16,19-20H2,1-3H3,(H,34,35)(H,36,37). The normalized spacial score (nSPS) is 13.8. The molecule has 1 aliphatic heterocycles. The zero-order chi connectivity index (χ0) is 28.5. The number of amides is 1.